The molecule has 1 fully saturated rings. The first kappa shape index (κ1) is 22.9. The van der Waals surface area contributed by atoms with Crippen LogP contribution in [0.25, 0.3) is 0 Å². The van der Waals surface area contributed by atoms with E-state index in [1.165, 1.54) is 12.1 Å². The first-order chi connectivity index (χ1) is 14.9. The van der Waals surface area contributed by atoms with Crippen molar-refractivity contribution in [1.82, 2.24) is 10.3 Å². The summed E-state index contributed by atoms with van der Waals surface area (Å²) in [6.45, 7) is -0.244. The number of aromatic nitrogens is 1. The number of nitrogens with one attached hydrogen (secondary N) is 1. The average Bonchev–Trinajstić information content (AvgIpc) is 3.12. The molecule has 1 aromatic heterocycles. The molecule has 0 aliphatic carbocycles. The molecule has 7 nitrogen and oxygen atoms in total. The molecule has 0 spiro atoms. The summed E-state index contributed by atoms with van der Waals surface area (Å²) in [4.78, 5) is 18.6. The maximum absolute atomic E-state index is 14.9. The summed E-state index contributed by atoms with van der Waals surface area (Å²) in [5.74, 6) is -1.43. The van der Waals surface area contributed by atoms with Crippen LogP contribution in [-0.4, -0.2) is 52.4 Å². The van der Waals surface area contributed by atoms with Crippen LogP contribution >= 0.6 is 11.6 Å². The van der Waals surface area contributed by atoms with Crippen molar-refractivity contribution >= 4 is 23.2 Å². The summed E-state index contributed by atoms with van der Waals surface area (Å²) in [5, 5.41) is 31.2. The van der Waals surface area contributed by atoms with Crippen LogP contribution in [0.5, 0.6) is 0 Å². The van der Waals surface area contributed by atoms with Crippen molar-refractivity contribution in [3.63, 3.8) is 0 Å². The van der Waals surface area contributed by atoms with Gasteiger partial charge in [-0.2, -0.15) is 5.26 Å². The van der Waals surface area contributed by atoms with E-state index in [0.717, 1.165) is 5.56 Å². The van der Waals surface area contributed by atoms with Gasteiger partial charge in [0.2, 0.25) is 5.91 Å². The SMILES string of the molecule is N#CC1CC(C(=O)NCC[C@H](O)CO)N(c2ccc(Cl)cc2F)C1Cc1ccncc1. The van der Waals surface area contributed by atoms with Gasteiger partial charge in [0.05, 0.1) is 30.4 Å². The van der Waals surface area contributed by atoms with E-state index in [1.807, 2.05) is 12.1 Å². The zero-order valence-corrected chi connectivity index (χ0v) is 17.5. The number of rotatable bonds is 8. The molecule has 2 aromatic rings. The van der Waals surface area contributed by atoms with Crippen LogP contribution in [0.2, 0.25) is 5.02 Å². The fourth-order valence-electron chi connectivity index (χ4n) is 3.92. The van der Waals surface area contributed by atoms with Crippen LogP contribution in [-0.2, 0) is 11.2 Å². The Balaban J connectivity index is 1.91. The number of hydrogen-bond donors (Lipinski definition) is 3. The van der Waals surface area contributed by atoms with Gasteiger partial charge in [-0.1, -0.05) is 11.6 Å². The van der Waals surface area contributed by atoms with E-state index in [4.69, 9.17) is 16.7 Å². The number of anilines is 1. The lowest BCUT2D eigenvalue weighted by atomic mass is 9.95. The van der Waals surface area contributed by atoms with Crippen molar-refractivity contribution in [2.24, 2.45) is 5.92 Å². The Bertz CT molecular complexity index is 940. The number of amides is 1. The van der Waals surface area contributed by atoms with E-state index in [2.05, 4.69) is 16.4 Å². The predicted molar refractivity (Wildman–Crippen MR) is 114 cm³/mol. The quantitative estimate of drug-likeness (QED) is 0.572. The van der Waals surface area contributed by atoms with Crippen LogP contribution in [0.3, 0.4) is 0 Å². The maximum atomic E-state index is 14.9. The first-order valence-corrected chi connectivity index (χ1v) is 10.4. The van der Waals surface area contributed by atoms with Gasteiger partial charge < -0.3 is 20.4 Å². The molecular formula is C22H24ClFN4O3. The predicted octanol–water partition coefficient (Wildman–Crippen LogP) is 2.06. The monoisotopic (exact) mass is 446 g/mol. The van der Waals surface area contributed by atoms with Crippen molar-refractivity contribution in [3.8, 4) is 6.07 Å². The number of nitriles is 1. The number of pyridine rings is 1. The Morgan fingerprint density at radius 3 is 2.77 bits per heavy atom. The lowest BCUT2D eigenvalue weighted by Crippen LogP contribution is -2.48. The molecule has 3 N–H and O–H groups in total. The topological polar surface area (TPSA) is 109 Å². The highest BCUT2D eigenvalue weighted by atomic mass is 35.5. The Morgan fingerprint density at radius 1 is 1.39 bits per heavy atom. The Hall–Kier alpha value is -2.73. The lowest BCUT2D eigenvalue weighted by Gasteiger charge is -2.33. The van der Waals surface area contributed by atoms with Gasteiger partial charge in [0.1, 0.15) is 11.9 Å². The molecule has 3 unspecified atom stereocenters. The minimum atomic E-state index is -0.931. The third-order valence-electron chi connectivity index (χ3n) is 5.47. The normalized spacial score (nSPS) is 21.5. The van der Waals surface area contributed by atoms with E-state index in [-0.39, 0.29) is 36.0 Å². The molecule has 1 aliphatic rings. The van der Waals surface area contributed by atoms with Gasteiger partial charge in [-0.3, -0.25) is 9.78 Å². The molecule has 4 atom stereocenters. The molecule has 1 saturated heterocycles. The summed E-state index contributed by atoms with van der Waals surface area (Å²) in [6, 6.07) is 8.99. The number of hydrogen-bond acceptors (Lipinski definition) is 6. The molecule has 31 heavy (non-hydrogen) atoms. The molecule has 1 aromatic carbocycles. The van der Waals surface area contributed by atoms with Gasteiger partial charge in [-0.25, -0.2) is 4.39 Å². The minimum Gasteiger partial charge on any atom is -0.394 e. The Kier molecular flexibility index (Phi) is 7.80. The molecule has 9 heteroatoms. The number of carbonyl (C=O) groups is 1. The second kappa shape index (κ2) is 10.5. The van der Waals surface area contributed by atoms with E-state index < -0.39 is 36.5 Å². The molecule has 164 valence electrons. The van der Waals surface area contributed by atoms with Crippen LogP contribution in [0.4, 0.5) is 10.1 Å². The largest absolute Gasteiger partial charge is 0.394 e. The summed E-state index contributed by atoms with van der Waals surface area (Å²) >= 11 is 5.92. The van der Waals surface area contributed by atoms with Gasteiger partial charge in [0, 0.05) is 30.0 Å². The number of benzene rings is 1. The van der Waals surface area contributed by atoms with E-state index in [1.54, 1.807) is 23.4 Å². The number of halogens is 2. The smallest absolute Gasteiger partial charge is 0.242 e. The molecule has 0 saturated carbocycles. The first-order valence-electron chi connectivity index (χ1n) is 10.0. The van der Waals surface area contributed by atoms with Crippen molar-refractivity contribution in [2.45, 2.75) is 37.5 Å². The molecule has 2 heterocycles. The second-order valence-electron chi connectivity index (χ2n) is 7.53. The third-order valence-corrected chi connectivity index (χ3v) is 5.71. The number of aliphatic hydroxyl groups is 2. The summed E-state index contributed by atoms with van der Waals surface area (Å²) in [6.07, 6.45) is 3.23. The highest BCUT2D eigenvalue weighted by Crippen LogP contribution is 2.38. The average molecular weight is 447 g/mol. The van der Waals surface area contributed by atoms with Crippen LogP contribution in [0.15, 0.2) is 42.7 Å². The van der Waals surface area contributed by atoms with E-state index in [9.17, 15) is 19.6 Å². The molecule has 0 bridgehead atoms. The van der Waals surface area contributed by atoms with Gasteiger partial charge >= 0.3 is 0 Å². The summed E-state index contributed by atoms with van der Waals surface area (Å²) < 4.78 is 14.9. The fourth-order valence-corrected chi connectivity index (χ4v) is 4.08. The molecule has 3 rings (SSSR count). The van der Waals surface area contributed by atoms with Gasteiger partial charge in [-0.05, 0) is 55.2 Å². The van der Waals surface area contributed by atoms with Gasteiger partial charge in [0.15, 0.2) is 0 Å². The Labute approximate surface area is 185 Å². The minimum absolute atomic E-state index is 0.153. The number of carbonyl (C=O) groups excluding carboxylic acids is 1. The zero-order chi connectivity index (χ0) is 22.4. The van der Waals surface area contributed by atoms with Crippen molar-refractivity contribution in [1.29, 1.82) is 5.26 Å². The Morgan fingerprint density at radius 2 is 2.13 bits per heavy atom. The molecular weight excluding hydrogens is 423 g/mol. The van der Waals surface area contributed by atoms with Gasteiger partial charge in [0.25, 0.3) is 0 Å². The van der Waals surface area contributed by atoms with Crippen molar-refractivity contribution < 1.29 is 19.4 Å². The van der Waals surface area contributed by atoms with Crippen molar-refractivity contribution in [2.75, 3.05) is 18.1 Å². The van der Waals surface area contributed by atoms with Crippen LogP contribution in [0.1, 0.15) is 18.4 Å². The third kappa shape index (κ3) is 5.50. The summed E-state index contributed by atoms with van der Waals surface area (Å²) in [5.41, 5.74) is 1.13. The lowest BCUT2D eigenvalue weighted by molar-refractivity contribution is -0.122. The van der Waals surface area contributed by atoms with Crippen molar-refractivity contribution in [3.05, 3.63) is 59.1 Å². The standard InChI is InChI=1S/C22H24ClFN4O3/c23-16-1-2-19(18(24)11-16)28-20(9-14-3-6-26-7-4-14)15(12-25)10-21(28)22(31)27-8-5-17(30)13-29/h1-4,6-7,11,15,17,20-21,29-30H,5,8-10,13H2,(H,27,31)/t15?,17-,20?,21?/m0/s1. The highest BCUT2D eigenvalue weighted by Gasteiger charge is 2.45. The second-order valence-corrected chi connectivity index (χ2v) is 7.97. The fraction of sp³-hybridized carbons (Fsp3) is 0.409. The van der Waals surface area contributed by atoms with E-state index in [0.29, 0.717) is 6.42 Å². The number of aliphatic hydroxyl groups excluding tert-OH is 2. The zero-order valence-electron chi connectivity index (χ0n) is 16.8. The molecule has 0 radical (unpaired) electrons. The molecule has 1 aliphatic heterocycles. The summed E-state index contributed by atoms with van der Waals surface area (Å²) in [7, 11) is 0. The maximum Gasteiger partial charge on any atom is 0.242 e. The van der Waals surface area contributed by atoms with Crippen LogP contribution in [0, 0.1) is 23.1 Å². The number of nitrogens with zero attached hydrogens (tertiary/aromatic N) is 3. The van der Waals surface area contributed by atoms with E-state index >= 15 is 0 Å². The van der Waals surface area contributed by atoms with Gasteiger partial charge in [-0.15, -0.1) is 0 Å². The van der Waals surface area contributed by atoms with Crippen LogP contribution < -0.4 is 10.2 Å². The molecule has 1 amide bonds. The highest BCUT2D eigenvalue weighted by molar-refractivity contribution is 6.30.